The highest BCUT2D eigenvalue weighted by atomic mass is 35.5. The molecule has 99 heavy (non-hydrogen) atoms. The van der Waals surface area contributed by atoms with Crippen LogP contribution in [0.2, 0.25) is 10.0 Å². The first-order valence-electron chi connectivity index (χ1n) is 32.2. The number of rotatable bonds is 17. The summed E-state index contributed by atoms with van der Waals surface area (Å²) in [5.74, 6) is -8.78. The van der Waals surface area contributed by atoms with Gasteiger partial charge in [0.1, 0.15) is 28.5 Å². The number of halogens is 5. The van der Waals surface area contributed by atoms with E-state index < -0.39 is 81.0 Å². The fourth-order valence-electron chi connectivity index (χ4n) is 14.7. The number of fused-ring (bicyclic) bond motifs is 3. The van der Waals surface area contributed by atoms with E-state index in [1.165, 1.54) is 49.6 Å². The maximum absolute atomic E-state index is 14.3. The van der Waals surface area contributed by atoms with Gasteiger partial charge in [0.05, 0.1) is 68.0 Å². The van der Waals surface area contributed by atoms with Crippen LogP contribution in [0.5, 0.6) is 0 Å². The predicted octanol–water partition coefficient (Wildman–Crippen LogP) is 9.28. The molecule has 6 amide bonds. The molecule has 8 N–H and O–H groups in total. The lowest BCUT2D eigenvalue weighted by Crippen LogP contribution is -2.74. The molecule has 0 saturated heterocycles. The second kappa shape index (κ2) is 25.4. The Kier molecular flexibility index (Phi) is 17.2. The van der Waals surface area contributed by atoms with Gasteiger partial charge in [-0.3, -0.25) is 43.2 Å². The van der Waals surface area contributed by atoms with Gasteiger partial charge >= 0.3 is 0 Å². The molecule has 5 aromatic heterocycles. The number of aromatic nitrogens is 9. The van der Waals surface area contributed by atoms with Crippen LogP contribution in [0.4, 0.5) is 30.2 Å². The number of carbonyl (C=O) groups is 9. The summed E-state index contributed by atoms with van der Waals surface area (Å²) in [6.07, 6.45) is 11.4. The van der Waals surface area contributed by atoms with E-state index in [1.54, 1.807) is 42.0 Å². The van der Waals surface area contributed by atoms with Crippen molar-refractivity contribution < 1.29 is 56.3 Å². The van der Waals surface area contributed by atoms with Crippen LogP contribution < -0.4 is 31.9 Å². The van der Waals surface area contributed by atoms with E-state index in [-0.39, 0.29) is 55.8 Å². The van der Waals surface area contributed by atoms with Crippen LogP contribution in [0.3, 0.4) is 0 Å². The Morgan fingerprint density at radius 2 is 0.949 bits per heavy atom. The number of aryl methyl sites for hydroxylation is 2. The number of benzene rings is 3. The van der Waals surface area contributed by atoms with Crippen molar-refractivity contribution in [1.29, 1.82) is 5.26 Å². The molecule has 8 heterocycles. The fraction of sp³-hybridized carbons (Fsp3) is 0.362. The van der Waals surface area contributed by atoms with Gasteiger partial charge in [-0.05, 0) is 176 Å². The van der Waals surface area contributed by atoms with Crippen LogP contribution in [0.1, 0.15) is 183 Å². The number of Topliss-reactive ketones (excluding diaryl/α,β-unsaturated/α-hetero) is 3. The molecule has 0 atom stereocenters. The van der Waals surface area contributed by atoms with Gasteiger partial charge in [0.2, 0.25) is 0 Å². The maximum atomic E-state index is 14.3. The molecule has 3 aromatic carbocycles. The first-order chi connectivity index (χ1) is 47.2. The third-order valence-electron chi connectivity index (χ3n) is 20.0. The molecule has 30 heteroatoms. The van der Waals surface area contributed by atoms with Gasteiger partial charge in [0.25, 0.3) is 52.8 Å². The van der Waals surface area contributed by atoms with Crippen molar-refractivity contribution in [3.05, 3.63) is 178 Å². The van der Waals surface area contributed by atoms with Crippen LogP contribution in [0, 0.1) is 68.8 Å². The minimum Gasteiger partial charge on any atom is -0.344 e. The van der Waals surface area contributed by atoms with Crippen LogP contribution in [-0.2, 0) is 64.4 Å². The summed E-state index contributed by atoms with van der Waals surface area (Å²) >= 11 is 12.0. The van der Waals surface area contributed by atoms with E-state index in [9.17, 15) is 61.6 Å². The van der Waals surface area contributed by atoms with Crippen LogP contribution >= 0.6 is 23.2 Å². The van der Waals surface area contributed by atoms with E-state index in [0.29, 0.717) is 152 Å². The van der Waals surface area contributed by atoms with Gasteiger partial charge in [-0.15, -0.1) is 0 Å². The SMILES string of the molecule is Cc1c(C(=O)C(=O)NC2(c3cn[nH]n3)CC2)c2n(c1C(=O)Nc1cccc(Cl)c1F)CCC2.Cc1ccc(NC(=O)c2c(C)c(C(=O)C(=O)NC3(c4cn[nH]n4)CC3)c3n2CCC3)c(F)c1F.Cc1ccc(NC(=O)c2c(C)c(C(=O)C(=O)NC34CC(C#N)(C3)C4)c3n2CCC3)cc1Cl. The number of carbonyl (C=O) groups excluding carboxylic acids is 9. The van der Waals surface area contributed by atoms with Crippen molar-refractivity contribution in [2.45, 2.75) is 154 Å². The van der Waals surface area contributed by atoms with E-state index in [1.807, 2.05) is 17.6 Å². The standard InChI is InChI=1S/C24H23ClN4O3.C23H22F2N6O3.C22H20ClFN6O3/c1-13-5-6-15(8-16(13)25)27-21(31)19-14(2)18(17-4-3-7-29(17)19)20(30)22(32)28-24-9-23(10-24,11-24)12-26;1-11-5-6-13(18(25)17(11)24)27-21(33)19-12(2)16(14-4-3-9-31(14)19)20(32)22(34)28-23(7-8-23)15-10-26-30-29-15;1-11-16(19(31)21(33)27-22(7-8-22)15-10-25-29-28-15)14-6-3-9-30(14)18(11)20(32)26-13-5-2-4-12(23)17(13)24/h5-6,8H,3-4,7,9-11H2,1-2H3,(H,27,31)(H,28,32);5-6,10H,3-4,7-9H2,1-2H3,(H,27,33)(H,28,34)(H,26,29,30);2,4-5,10H,3,6-9H2,1H3,(H,26,32)(H,27,33)(H,25,28,29). The normalized spacial score (nSPS) is 18.6. The summed E-state index contributed by atoms with van der Waals surface area (Å²) in [6.45, 7) is 9.85. The fourth-order valence-corrected chi connectivity index (χ4v) is 15.1. The molecule has 2 bridgehead atoms. The zero-order chi connectivity index (χ0) is 70.4. The molecular formula is C69H65Cl2F3N16O9. The number of hydrogen-bond donors (Lipinski definition) is 8. The molecule has 8 aliphatic rings. The summed E-state index contributed by atoms with van der Waals surface area (Å²) in [7, 11) is 0. The number of anilines is 3. The molecular weight excluding hydrogens is 1320 g/mol. The van der Waals surface area contributed by atoms with Crippen molar-refractivity contribution in [3.63, 3.8) is 0 Å². The van der Waals surface area contributed by atoms with E-state index in [2.05, 4.69) is 68.8 Å². The number of nitriles is 1. The van der Waals surface area contributed by atoms with Gasteiger partial charge in [-0.25, -0.2) is 13.2 Å². The van der Waals surface area contributed by atoms with Gasteiger partial charge in [-0.1, -0.05) is 41.4 Å². The summed E-state index contributed by atoms with van der Waals surface area (Å²) in [6, 6.07) is 14.6. The molecule has 25 nitrogen and oxygen atoms in total. The number of ketones is 3. The third kappa shape index (κ3) is 11.9. The number of amides is 6. The van der Waals surface area contributed by atoms with Crippen molar-refractivity contribution in [3.8, 4) is 6.07 Å². The Morgan fingerprint density at radius 1 is 0.525 bits per heavy atom. The van der Waals surface area contributed by atoms with Gasteiger partial charge in [0.15, 0.2) is 17.5 Å². The maximum Gasteiger partial charge on any atom is 0.293 e. The highest BCUT2D eigenvalue weighted by Gasteiger charge is 2.69. The third-order valence-corrected chi connectivity index (χ3v) is 20.7. The Balaban J connectivity index is 0.000000133. The molecule has 0 radical (unpaired) electrons. The van der Waals surface area contributed by atoms with Crippen molar-refractivity contribution in [2.24, 2.45) is 5.41 Å². The van der Waals surface area contributed by atoms with Crippen molar-refractivity contribution >= 4 is 93.1 Å². The number of hydrogen-bond acceptors (Lipinski definition) is 14. The number of aromatic amines is 2. The summed E-state index contributed by atoms with van der Waals surface area (Å²) in [4.78, 5) is 118. The van der Waals surface area contributed by atoms with Crippen LogP contribution in [0.25, 0.3) is 0 Å². The molecule has 8 aromatic rings. The van der Waals surface area contributed by atoms with E-state index in [4.69, 9.17) is 23.2 Å². The highest BCUT2D eigenvalue weighted by molar-refractivity contribution is 6.45. The summed E-state index contributed by atoms with van der Waals surface area (Å²) < 4.78 is 47.8. The second-order valence-electron chi connectivity index (χ2n) is 26.6. The molecule has 0 spiro atoms. The smallest absolute Gasteiger partial charge is 0.293 e. The minimum absolute atomic E-state index is 0.0608. The highest BCUT2D eigenvalue weighted by Crippen LogP contribution is 2.66. The van der Waals surface area contributed by atoms with Gasteiger partial charge in [-0.2, -0.15) is 36.1 Å². The van der Waals surface area contributed by atoms with Gasteiger partial charge in [0, 0.05) is 53.0 Å². The molecule has 0 unspecified atom stereocenters. The van der Waals surface area contributed by atoms with Gasteiger partial charge < -0.3 is 45.6 Å². The quantitative estimate of drug-likeness (QED) is 0.0311. The second-order valence-corrected chi connectivity index (χ2v) is 27.4. The molecule has 5 saturated carbocycles. The first kappa shape index (κ1) is 67.1. The lowest BCUT2D eigenvalue weighted by Gasteiger charge is -2.66. The Morgan fingerprint density at radius 3 is 1.36 bits per heavy atom. The van der Waals surface area contributed by atoms with Crippen molar-refractivity contribution in [1.82, 2.24) is 60.5 Å². The van der Waals surface area contributed by atoms with E-state index >= 15 is 0 Å². The monoisotopic (exact) mass is 1390 g/mol. The molecule has 5 aliphatic carbocycles. The zero-order valence-corrected chi connectivity index (χ0v) is 55.7. The lowest BCUT2D eigenvalue weighted by molar-refractivity contribution is -0.140. The summed E-state index contributed by atoms with van der Waals surface area (Å²) in [5.41, 5.74) is 4.93. The number of nitrogens with zero attached hydrogens (tertiary/aromatic N) is 8. The van der Waals surface area contributed by atoms with Crippen LogP contribution in [0.15, 0.2) is 60.9 Å². The Hall–Kier alpha value is -10.5. The Bertz CT molecular complexity index is 4820. The molecule has 3 aliphatic heterocycles. The largest absolute Gasteiger partial charge is 0.344 e. The molecule has 16 rings (SSSR count). The average molecular weight is 1390 g/mol. The average Bonchev–Trinajstić information content (AvgIpc) is 1.64. The van der Waals surface area contributed by atoms with E-state index in [0.717, 1.165) is 24.1 Å². The minimum atomic E-state index is -1.16. The first-order valence-corrected chi connectivity index (χ1v) is 33.0. The molecule has 5 fully saturated rings. The Labute approximate surface area is 572 Å². The number of nitrogens with one attached hydrogen (secondary N) is 8. The predicted molar refractivity (Wildman–Crippen MR) is 352 cm³/mol. The zero-order valence-electron chi connectivity index (χ0n) is 54.2. The number of H-pyrrole nitrogens is 2. The van der Waals surface area contributed by atoms with Crippen molar-refractivity contribution in [2.75, 3.05) is 16.0 Å². The van der Waals surface area contributed by atoms with Crippen LogP contribution in [-0.4, -0.2) is 103 Å². The lowest BCUT2D eigenvalue weighted by atomic mass is 9.40. The topological polar surface area (TPSA) is 348 Å². The summed E-state index contributed by atoms with van der Waals surface area (Å²) in [5, 5.41) is 46.5. The molecule has 510 valence electrons.